The molecule has 0 heterocycles. The lowest BCUT2D eigenvalue weighted by Gasteiger charge is -2.11. The van der Waals surface area contributed by atoms with E-state index in [1.54, 1.807) is 24.3 Å². The van der Waals surface area contributed by atoms with Crippen LogP contribution in [0.2, 0.25) is 0 Å². The molecule has 2 aromatic carbocycles. The van der Waals surface area contributed by atoms with Gasteiger partial charge in [0, 0.05) is 11.8 Å². The summed E-state index contributed by atoms with van der Waals surface area (Å²) >= 11 is 0. The Bertz CT molecular complexity index is 801. The van der Waals surface area contributed by atoms with E-state index in [2.05, 4.69) is 5.32 Å². The molecule has 0 aliphatic carbocycles. The van der Waals surface area contributed by atoms with Gasteiger partial charge in [0.1, 0.15) is 17.4 Å². The molecule has 0 unspecified atom stereocenters. The van der Waals surface area contributed by atoms with Crippen LogP contribution in [0.25, 0.3) is 6.08 Å². The van der Waals surface area contributed by atoms with Crippen molar-refractivity contribution in [2.75, 3.05) is 5.32 Å². The number of rotatable bonds is 5. The van der Waals surface area contributed by atoms with Crippen molar-refractivity contribution in [1.29, 1.82) is 5.26 Å². The molecule has 1 amide bonds. The van der Waals surface area contributed by atoms with E-state index in [9.17, 15) is 10.1 Å². The van der Waals surface area contributed by atoms with Crippen LogP contribution in [0.3, 0.4) is 0 Å². The highest BCUT2D eigenvalue weighted by Gasteiger charge is 2.10. The standard InChI is InChI=1S/C20H20N2O2/c1-14(2)24-19-9-5-8-18(12-19)22-20(23)17(13-21)11-16-7-4-6-15(3)10-16/h4-12,14H,1-3H3,(H,22,23)/b17-11-. The number of aryl methyl sites for hydroxylation is 1. The lowest BCUT2D eigenvalue weighted by molar-refractivity contribution is -0.112. The number of hydrogen-bond acceptors (Lipinski definition) is 3. The Morgan fingerprint density at radius 2 is 1.96 bits per heavy atom. The number of amides is 1. The average molecular weight is 320 g/mol. The fourth-order valence-corrected chi connectivity index (χ4v) is 2.19. The maximum atomic E-state index is 12.3. The van der Waals surface area contributed by atoms with Crippen molar-refractivity contribution in [2.24, 2.45) is 0 Å². The smallest absolute Gasteiger partial charge is 0.266 e. The highest BCUT2D eigenvalue weighted by atomic mass is 16.5. The average Bonchev–Trinajstić information content (AvgIpc) is 2.52. The molecule has 122 valence electrons. The number of nitrogens with one attached hydrogen (secondary N) is 1. The molecule has 4 nitrogen and oxygen atoms in total. The van der Waals surface area contributed by atoms with Gasteiger partial charge in [-0.1, -0.05) is 35.9 Å². The summed E-state index contributed by atoms with van der Waals surface area (Å²) in [6.07, 6.45) is 1.63. The summed E-state index contributed by atoms with van der Waals surface area (Å²) in [5.74, 6) is 0.227. The van der Waals surface area contributed by atoms with Crippen molar-refractivity contribution in [2.45, 2.75) is 26.9 Å². The molecule has 24 heavy (non-hydrogen) atoms. The first-order valence-corrected chi connectivity index (χ1v) is 7.74. The van der Waals surface area contributed by atoms with E-state index in [0.717, 1.165) is 11.1 Å². The van der Waals surface area contributed by atoms with Gasteiger partial charge in [-0.15, -0.1) is 0 Å². The Kier molecular flexibility index (Phi) is 5.75. The van der Waals surface area contributed by atoms with Crippen LogP contribution < -0.4 is 10.1 Å². The number of nitriles is 1. The zero-order valence-electron chi connectivity index (χ0n) is 14.0. The molecule has 0 radical (unpaired) electrons. The van der Waals surface area contributed by atoms with Crippen LogP contribution in [0.1, 0.15) is 25.0 Å². The molecular formula is C20H20N2O2. The molecule has 0 saturated carbocycles. The molecule has 0 saturated heterocycles. The summed E-state index contributed by atoms with van der Waals surface area (Å²) < 4.78 is 5.60. The third kappa shape index (κ3) is 4.99. The molecule has 0 aromatic heterocycles. The van der Waals surface area contributed by atoms with Gasteiger partial charge in [0.2, 0.25) is 0 Å². The quantitative estimate of drug-likeness (QED) is 0.659. The van der Waals surface area contributed by atoms with Crippen LogP contribution in [-0.4, -0.2) is 12.0 Å². The second-order valence-corrected chi connectivity index (χ2v) is 5.73. The van der Waals surface area contributed by atoms with Gasteiger partial charge >= 0.3 is 0 Å². The normalized spacial score (nSPS) is 11.0. The van der Waals surface area contributed by atoms with Crippen molar-refractivity contribution >= 4 is 17.7 Å². The first-order chi connectivity index (χ1) is 11.5. The highest BCUT2D eigenvalue weighted by Crippen LogP contribution is 2.19. The minimum atomic E-state index is -0.444. The van der Waals surface area contributed by atoms with E-state index in [1.165, 1.54) is 0 Å². The van der Waals surface area contributed by atoms with Crippen LogP contribution in [-0.2, 0) is 4.79 Å². The van der Waals surface area contributed by atoms with Crippen molar-refractivity contribution < 1.29 is 9.53 Å². The van der Waals surface area contributed by atoms with E-state index in [4.69, 9.17) is 4.74 Å². The monoisotopic (exact) mass is 320 g/mol. The van der Waals surface area contributed by atoms with Crippen LogP contribution in [0, 0.1) is 18.3 Å². The van der Waals surface area contributed by atoms with Crippen LogP contribution in [0.5, 0.6) is 5.75 Å². The molecule has 2 rings (SSSR count). The zero-order valence-corrected chi connectivity index (χ0v) is 14.0. The molecule has 0 spiro atoms. The Labute approximate surface area is 142 Å². The minimum Gasteiger partial charge on any atom is -0.491 e. The number of carbonyl (C=O) groups excluding carboxylic acids is 1. The molecule has 1 N–H and O–H groups in total. The Morgan fingerprint density at radius 1 is 1.21 bits per heavy atom. The van der Waals surface area contributed by atoms with Crippen molar-refractivity contribution in [3.63, 3.8) is 0 Å². The molecule has 0 aliphatic rings. The number of ether oxygens (including phenoxy) is 1. The van der Waals surface area contributed by atoms with Gasteiger partial charge in [-0.05, 0) is 44.5 Å². The number of benzene rings is 2. The summed E-state index contributed by atoms with van der Waals surface area (Å²) in [6.45, 7) is 5.83. The number of nitrogens with zero attached hydrogens (tertiary/aromatic N) is 1. The first-order valence-electron chi connectivity index (χ1n) is 7.74. The maximum absolute atomic E-state index is 12.3. The van der Waals surface area contributed by atoms with Gasteiger partial charge < -0.3 is 10.1 Å². The van der Waals surface area contributed by atoms with Gasteiger partial charge in [0.05, 0.1) is 6.10 Å². The molecule has 0 atom stereocenters. The minimum absolute atomic E-state index is 0.0480. The van der Waals surface area contributed by atoms with E-state index >= 15 is 0 Å². The van der Waals surface area contributed by atoms with Crippen molar-refractivity contribution in [1.82, 2.24) is 0 Å². The lowest BCUT2D eigenvalue weighted by Crippen LogP contribution is -2.13. The fourth-order valence-electron chi connectivity index (χ4n) is 2.19. The summed E-state index contributed by atoms with van der Waals surface area (Å²) in [6, 6.07) is 16.7. The second-order valence-electron chi connectivity index (χ2n) is 5.73. The summed E-state index contributed by atoms with van der Waals surface area (Å²) in [5.41, 5.74) is 2.53. The van der Waals surface area contributed by atoms with Gasteiger partial charge in [-0.3, -0.25) is 4.79 Å². The fraction of sp³-hybridized carbons (Fsp3) is 0.200. The first kappa shape index (κ1) is 17.3. The van der Waals surface area contributed by atoms with Crippen LogP contribution >= 0.6 is 0 Å². The molecular weight excluding hydrogens is 300 g/mol. The highest BCUT2D eigenvalue weighted by molar-refractivity contribution is 6.09. The number of hydrogen-bond donors (Lipinski definition) is 1. The largest absolute Gasteiger partial charge is 0.491 e. The van der Waals surface area contributed by atoms with Gasteiger partial charge in [-0.25, -0.2) is 0 Å². The molecule has 0 aliphatic heterocycles. The van der Waals surface area contributed by atoms with Crippen LogP contribution in [0.15, 0.2) is 54.1 Å². The summed E-state index contributed by atoms with van der Waals surface area (Å²) in [7, 11) is 0. The van der Waals surface area contributed by atoms with Gasteiger partial charge in [0.25, 0.3) is 5.91 Å². The van der Waals surface area contributed by atoms with Crippen molar-refractivity contribution in [3.8, 4) is 11.8 Å². The van der Waals surface area contributed by atoms with E-state index in [1.807, 2.05) is 57.2 Å². The van der Waals surface area contributed by atoms with E-state index in [0.29, 0.717) is 11.4 Å². The van der Waals surface area contributed by atoms with Crippen LogP contribution in [0.4, 0.5) is 5.69 Å². The van der Waals surface area contributed by atoms with E-state index in [-0.39, 0.29) is 11.7 Å². The van der Waals surface area contributed by atoms with E-state index < -0.39 is 5.91 Å². The molecule has 2 aromatic rings. The number of anilines is 1. The Balaban J connectivity index is 2.17. The summed E-state index contributed by atoms with van der Waals surface area (Å²) in [4.78, 5) is 12.3. The molecule has 4 heteroatoms. The Morgan fingerprint density at radius 3 is 2.62 bits per heavy atom. The second kappa shape index (κ2) is 7.98. The molecule has 0 bridgehead atoms. The zero-order chi connectivity index (χ0) is 17.5. The maximum Gasteiger partial charge on any atom is 0.266 e. The predicted molar refractivity (Wildman–Crippen MR) is 95.6 cm³/mol. The topological polar surface area (TPSA) is 62.1 Å². The number of carbonyl (C=O) groups is 1. The Hall–Kier alpha value is -3.06. The third-order valence-corrected chi connectivity index (χ3v) is 3.18. The lowest BCUT2D eigenvalue weighted by atomic mass is 10.1. The molecule has 0 fully saturated rings. The summed E-state index contributed by atoms with van der Waals surface area (Å²) in [5, 5.41) is 12.0. The third-order valence-electron chi connectivity index (χ3n) is 3.18. The van der Waals surface area contributed by atoms with Gasteiger partial charge in [0.15, 0.2) is 0 Å². The van der Waals surface area contributed by atoms with Gasteiger partial charge in [-0.2, -0.15) is 5.26 Å². The van der Waals surface area contributed by atoms with Crippen molar-refractivity contribution in [3.05, 3.63) is 65.2 Å². The predicted octanol–water partition coefficient (Wildman–Crippen LogP) is 4.33. The SMILES string of the molecule is Cc1cccc(/C=C(/C#N)C(=O)Nc2cccc(OC(C)C)c2)c1.